The van der Waals surface area contributed by atoms with Crippen LogP contribution >= 0.6 is 7.82 Å². The number of nitrogens with zero attached hydrogens (tertiary/aromatic N) is 1. The second kappa shape index (κ2) is 12.0. The van der Waals surface area contributed by atoms with Crippen LogP contribution in [0.2, 0.25) is 0 Å². The van der Waals surface area contributed by atoms with Gasteiger partial charge in [-0.2, -0.15) is 0 Å². The number of fused-ring (bicyclic) bond motifs is 2. The first-order valence-corrected chi connectivity index (χ1v) is 15.5. The molecule has 4 rings (SSSR count). The zero-order valence-electron chi connectivity index (χ0n) is 25.2. The van der Waals surface area contributed by atoms with E-state index in [1.54, 1.807) is 59.3 Å². The number of rotatable bonds is 10. The molecule has 1 aliphatic carbocycles. The summed E-state index contributed by atoms with van der Waals surface area (Å²) in [5.41, 5.74) is -3.05. The number of methoxy groups -OCH3 is 1. The standard InChI is InChI=1S/C27H46N3O11P/c1-16-12-26(32,15-29-13-17-8-10-18(11-9-17)14-38-42(34,35)36)27(33)23(39-16)40-25(3)22(37-7)19(28-4)20(31)21(30(5)6)24(25,2)41-27/h8-11,16,19-23,28-29,31-33H,12-15H2,1-7H3,(H2,34,35,36)/t16-,19-,20+,21+,22+,23+,24-,25?,26-,27-/m1/s1. The minimum Gasteiger partial charge on any atom is -0.390 e. The van der Waals surface area contributed by atoms with E-state index < -0.39 is 67.1 Å². The van der Waals surface area contributed by atoms with E-state index in [0.29, 0.717) is 12.1 Å². The predicted molar refractivity (Wildman–Crippen MR) is 150 cm³/mol. The number of nitrogens with one attached hydrogen (secondary N) is 2. The van der Waals surface area contributed by atoms with Crippen LogP contribution in [0.1, 0.15) is 38.3 Å². The minimum atomic E-state index is -4.57. The second-order valence-electron chi connectivity index (χ2n) is 12.2. The van der Waals surface area contributed by atoms with E-state index in [9.17, 15) is 19.9 Å². The third-order valence-electron chi connectivity index (χ3n) is 9.11. The van der Waals surface area contributed by atoms with E-state index >= 15 is 0 Å². The number of likely N-dealkylation sites (N-methyl/N-ethyl adjacent to an activating group) is 2. The van der Waals surface area contributed by atoms with Gasteiger partial charge in [0, 0.05) is 26.6 Å². The molecule has 1 unspecified atom stereocenters. The first-order valence-electron chi connectivity index (χ1n) is 14.0. The van der Waals surface area contributed by atoms with Crippen molar-refractivity contribution < 1.29 is 53.1 Å². The van der Waals surface area contributed by atoms with Gasteiger partial charge in [-0.3, -0.25) is 4.52 Å². The van der Waals surface area contributed by atoms with E-state index in [0.717, 1.165) is 5.56 Å². The lowest BCUT2D eigenvalue weighted by Crippen LogP contribution is -2.88. The number of hydrogen-bond donors (Lipinski definition) is 7. The van der Waals surface area contributed by atoms with Gasteiger partial charge in [0.25, 0.3) is 0 Å². The second-order valence-corrected chi connectivity index (χ2v) is 13.4. The van der Waals surface area contributed by atoms with Crippen LogP contribution in [0.4, 0.5) is 0 Å². The van der Waals surface area contributed by atoms with E-state index in [4.69, 9.17) is 28.7 Å². The number of phosphoric acid groups is 1. The van der Waals surface area contributed by atoms with Crippen molar-refractivity contribution in [2.45, 2.75) is 99.6 Å². The molecule has 0 amide bonds. The highest BCUT2D eigenvalue weighted by Gasteiger charge is 2.76. The van der Waals surface area contributed by atoms with Crippen LogP contribution in [0.3, 0.4) is 0 Å². The van der Waals surface area contributed by atoms with Crippen LogP contribution in [-0.4, -0.2) is 124 Å². The lowest BCUT2D eigenvalue weighted by Gasteiger charge is -2.69. The van der Waals surface area contributed by atoms with Gasteiger partial charge in [0.1, 0.15) is 22.9 Å². The maximum atomic E-state index is 12.2. The van der Waals surface area contributed by atoms with Gasteiger partial charge in [-0.1, -0.05) is 24.3 Å². The molecule has 0 radical (unpaired) electrons. The number of aliphatic hydroxyl groups is 3. The number of aliphatic hydroxyl groups excluding tert-OH is 1. The summed E-state index contributed by atoms with van der Waals surface area (Å²) < 4.78 is 40.6. The molecular formula is C27H46N3O11P. The summed E-state index contributed by atoms with van der Waals surface area (Å²) in [7, 11) is 2.28. The molecular weight excluding hydrogens is 573 g/mol. The van der Waals surface area contributed by atoms with Gasteiger partial charge in [-0.15, -0.1) is 0 Å². The average molecular weight is 620 g/mol. The monoisotopic (exact) mass is 619 g/mol. The Morgan fingerprint density at radius 3 is 2.29 bits per heavy atom. The number of ether oxygens (including phenoxy) is 4. The Bertz CT molecular complexity index is 1140. The summed E-state index contributed by atoms with van der Waals surface area (Å²) in [4.78, 5) is 19.6. The van der Waals surface area contributed by atoms with Crippen molar-refractivity contribution in [1.82, 2.24) is 15.5 Å². The van der Waals surface area contributed by atoms with Gasteiger partial charge in [0.15, 0.2) is 0 Å². The minimum absolute atomic E-state index is 0.0316. The summed E-state index contributed by atoms with van der Waals surface area (Å²) in [6.07, 6.45) is -3.52. The van der Waals surface area contributed by atoms with Gasteiger partial charge < -0.3 is 59.6 Å². The fourth-order valence-corrected chi connectivity index (χ4v) is 7.29. The van der Waals surface area contributed by atoms with E-state index in [1.807, 2.05) is 11.8 Å². The van der Waals surface area contributed by atoms with Gasteiger partial charge in [-0.05, 0) is 53.0 Å². The first-order chi connectivity index (χ1) is 19.4. The molecule has 0 aromatic heterocycles. The molecule has 2 heterocycles. The molecule has 1 saturated carbocycles. The summed E-state index contributed by atoms with van der Waals surface area (Å²) in [5, 5.41) is 42.0. The topological polar surface area (TPSA) is 192 Å². The Morgan fingerprint density at radius 2 is 1.74 bits per heavy atom. The molecule has 2 saturated heterocycles. The zero-order valence-corrected chi connectivity index (χ0v) is 26.1. The number of benzene rings is 1. The maximum absolute atomic E-state index is 12.2. The molecule has 10 atom stereocenters. The molecule has 14 nitrogen and oxygen atoms in total. The fourth-order valence-electron chi connectivity index (χ4n) is 6.97. The van der Waals surface area contributed by atoms with Crippen molar-refractivity contribution >= 4 is 7.82 Å². The lowest BCUT2D eigenvalue weighted by atomic mass is 9.63. The molecule has 0 bridgehead atoms. The third-order valence-corrected chi connectivity index (χ3v) is 9.58. The summed E-state index contributed by atoms with van der Waals surface area (Å²) in [6, 6.07) is 5.68. The molecule has 3 fully saturated rings. The Balaban J connectivity index is 1.58. The van der Waals surface area contributed by atoms with Gasteiger partial charge >= 0.3 is 7.82 Å². The van der Waals surface area contributed by atoms with Gasteiger partial charge in [-0.25, -0.2) is 4.57 Å². The summed E-state index contributed by atoms with van der Waals surface area (Å²) >= 11 is 0. The molecule has 15 heteroatoms. The molecule has 42 heavy (non-hydrogen) atoms. The molecule has 0 spiro atoms. The van der Waals surface area contributed by atoms with Crippen LogP contribution in [0.15, 0.2) is 24.3 Å². The van der Waals surface area contributed by atoms with E-state index in [-0.39, 0.29) is 19.6 Å². The SMILES string of the molecule is CN[C@@H]1[C@H](O)[C@H](N(C)C)[C@@]2(C)O[C@]3(O)[C@@H](O[C@H](C)C[C@@]3(O)CNCc3ccc(COP(=O)(O)O)cc3)OC2(C)[C@H]1OC. The Hall–Kier alpha value is -1.07. The number of hydrogen-bond acceptors (Lipinski definition) is 12. The van der Waals surface area contributed by atoms with E-state index in [2.05, 4.69) is 15.2 Å². The Morgan fingerprint density at radius 1 is 1.12 bits per heavy atom. The quantitative estimate of drug-likeness (QED) is 0.165. The molecule has 7 N–H and O–H groups in total. The van der Waals surface area contributed by atoms with Crippen LogP contribution in [0.5, 0.6) is 0 Å². The average Bonchev–Trinajstić information content (AvgIpc) is 2.87. The Labute approximate surface area is 246 Å². The zero-order chi connectivity index (χ0) is 31.3. The molecule has 240 valence electrons. The largest absolute Gasteiger partial charge is 0.469 e. The van der Waals surface area contributed by atoms with Crippen molar-refractivity contribution in [2.75, 3.05) is 34.8 Å². The fraction of sp³-hybridized carbons (Fsp3) is 0.778. The van der Waals surface area contributed by atoms with E-state index in [1.165, 1.54) is 7.11 Å². The third kappa shape index (κ3) is 5.84. The first kappa shape index (κ1) is 33.8. The van der Waals surface area contributed by atoms with Crippen molar-refractivity contribution in [3.8, 4) is 0 Å². The summed E-state index contributed by atoms with van der Waals surface area (Å²) in [5.74, 6) is -2.32. The highest BCUT2D eigenvalue weighted by atomic mass is 31.2. The molecule has 3 aliphatic rings. The lowest BCUT2D eigenvalue weighted by molar-refractivity contribution is -0.522. The molecule has 1 aromatic rings. The van der Waals surface area contributed by atoms with Crippen LogP contribution in [-0.2, 0) is 41.2 Å². The molecule has 2 aliphatic heterocycles. The summed E-state index contributed by atoms with van der Waals surface area (Å²) in [6.45, 7) is 5.32. The van der Waals surface area contributed by atoms with Gasteiger partial charge in [0.2, 0.25) is 12.1 Å². The molecule has 1 aromatic carbocycles. The van der Waals surface area contributed by atoms with Crippen LogP contribution < -0.4 is 10.6 Å². The normalized spacial score (nSPS) is 42.3. The maximum Gasteiger partial charge on any atom is 0.469 e. The highest BCUT2D eigenvalue weighted by molar-refractivity contribution is 7.46. The van der Waals surface area contributed by atoms with Crippen LogP contribution in [0.25, 0.3) is 0 Å². The van der Waals surface area contributed by atoms with Crippen molar-refractivity contribution in [3.05, 3.63) is 35.4 Å². The predicted octanol–water partition coefficient (Wildman–Crippen LogP) is -0.588. The number of phosphoric ester groups is 1. The van der Waals surface area contributed by atoms with Crippen molar-refractivity contribution in [3.63, 3.8) is 0 Å². The highest BCUT2D eigenvalue weighted by Crippen LogP contribution is 2.56. The van der Waals surface area contributed by atoms with Crippen molar-refractivity contribution in [2.24, 2.45) is 0 Å². The van der Waals surface area contributed by atoms with Crippen LogP contribution in [0, 0.1) is 0 Å². The van der Waals surface area contributed by atoms with Crippen molar-refractivity contribution in [1.29, 1.82) is 0 Å². The smallest absolute Gasteiger partial charge is 0.390 e. The Kier molecular flexibility index (Phi) is 9.68. The van der Waals surface area contributed by atoms with Gasteiger partial charge in [0.05, 0.1) is 30.9 Å².